The highest BCUT2D eigenvalue weighted by Gasteiger charge is 2.37. The molecule has 0 atom stereocenters. The molecule has 1 aliphatic rings. The summed E-state index contributed by atoms with van der Waals surface area (Å²) in [5.41, 5.74) is 1.65. The summed E-state index contributed by atoms with van der Waals surface area (Å²) in [4.78, 5) is 4.32. The minimum absolute atomic E-state index is 0.486. The Morgan fingerprint density at radius 3 is 2.67 bits per heavy atom. The topological polar surface area (TPSA) is 54.2 Å². The van der Waals surface area contributed by atoms with Crippen LogP contribution >= 0.6 is 0 Å². The van der Waals surface area contributed by atoms with Crippen molar-refractivity contribution in [3.05, 3.63) is 18.0 Å². The van der Waals surface area contributed by atoms with Crippen molar-refractivity contribution < 1.29 is 0 Å². The van der Waals surface area contributed by atoms with Crippen molar-refractivity contribution in [1.82, 2.24) is 20.4 Å². The zero-order chi connectivity index (χ0) is 15.3. The van der Waals surface area contributed by atoms with Gasteiger partial charge in [-0.15, -0.1) is 0 Å². The van der Waals surface area contributed by atoms with Crippen LogP contribution in [-0.4, -0.2) is 29.3 Å². The predicted octanol–water partition coefficient (Wildman–Crippen LogP) is 2.30. The van der Waals surface area contributed by atoms with Gasteiger partial charge in [0.05, 0.1) is 6.20 Å². The third-order valence-electron chi connectivity index (χ3n) is 4.33. The first kappa shape index (κ1) is 15.9. The summed E-state index contributed by atoms with van der Waals surface area (Å²) in [6, 6.07) is 0. The summed E-state index contributed by atoms with van der Waals surface area (Å²) in [5, 5.41) is 11.0. The van der Waals surface area contributed by atoms with E-state index in [1.165, 1.54) is 31.2 Å². The van der Waals surface area contributed by atoms with Crippen LogP contribution in [0.15, 0.2) is 17.4 Å². The van der Waals surface area contributed by atoms with Crippen LogP contribution in [0.5, 0.6) is 0 Å². The first-order valence-electron chi connectivity index (χ1n) is 7.95. The summed E-state index contributed by atoms with van der Waals surface area (Å²) in [7, 11) is 3.76. The van der Waals surface area contributed by atoms with Crippen LogP contribution in [0.25, 0.3) is 0 Å². The van der Waals surface area contributed by atoms with Crippen molar-refractivity contribution >= 4 is 5.96 Å². The standard InChI is InChI=1S/C16H29N5/c1-13(2)8-16(6-5-7-16)12-19-15(17-3)18-9-14-10-20-21(4)11-14/h10-11,13H,5-9,12H2,1-4H3,(H2,17,18,19). The number of aryl methyl sites for hydroxylation is 1. The maximum atomic E-state index is 4.32. The lowest BCUT2D eigenvalue weighted by molar-refractivity contribution is 0.104. The normalized spacial score (nSPS) is 17.7. The second kappa shape index (κ2) is 6.96. The lowest BCUT2D eigenvalue weighted by Crippen LogP contribution is -2.46. The summed E-state index contributed by atoms with van der Waals surface area (Å²) in [5.74, 6) is 1.64. The van der Waals surface area contributed by atoms with Crippen LogP contribution in [0, 0.1) is 11.3 Å². The summed E-state index contributed by atoms with van der Waals surface area (Å²) < 4.78 is 1.82. The van der Waals surface area contributed by atoms with E-state index >= 15 is 0 Å². The number of guanidine groups is 1. The Bertz CT molecular complexity index is 471. The van der Waals surface area contributed by atoms with Crippen molar-refractivity contribution in [3.8, 4) is 0 Å². The molecule has 1 aliphatic carbocycles. The smallest absolute Gasteiger partial charge is 0.191 e. The molecule has 0 aromatic carbocycles. The van der Waals surface area contributed by atoms with Crippen LogP contribution < -0.4 is 10.6 Å². The van der Waals surface area contributed by atoms with E-state index in [0.717, 1.165) is 25.0 Å². The molecule has 0 bridgehead atoms. The molecule has 1 saturated carbocycles. The van der Waals surface area contributed by atoms with Gasteiger partial charge in [-0.1, -0.05) is 20.3 Å². The lowest BCUT2D eigenvalue weighted by atomic mass is 9.64. The molecule has 21 heavy (non-hydrogen) atoms. The molecule has 0 saturated heterocycles. The fourth-order valence-electron chi connectivity index (χ4n) is 3.24. The van der Waals surface area contributed by atoms with E-state index in [1.54, 1.807) is 0 Å². The van der Waals surface area contributed by atoms with Crippen LogP contribution in [0.4, 0.5) is 0 Å². The van der Waals surface area contributed by atoms with E-state index in [9.17, 15) is 0 Å². The summed E-state index contributed by atoms with van der Waals surface area (Å²) >= 11 is 0. The highest BCUT2D eigenvalue weighted by atomic mass is 15.2. The van der Waals surface area contributed by atoms with Gasteiger partial charge in [-0.25, -0.2) is 0 Å². The molecule has 0 spiro atoms. The maximum Gasteiger partial charge on any atom is 0.191 e. The number of hydrogen-bond donors (Lipinski definition) is 2. The van der Waals surface area contributed by atoms with E-state index in [4.69, 9.17) is 0 Å². The van der Waals surface area contributed by atoms with Crippen molar-refractivity contribution in [2.24, 2.45) is 23.4 Å². The van der Waals surface area contributed by atoms with Gasteiger partial charge in [0.15, 0.2) is 5.96 Å². The number of aliphatic imine (C=N–C) groups is 1. The second-order valence-corrected chi connectivity index (χ2v) is 6.75. The SMILES string of the molecule is CN=C(NCc1cnn(C)c1)NCC1(CC(C)C)CCC1. The summed E-state index contributed by atoms with van der Waals surface area (Å²) in [6.07, 6.45) is 9.27. The minimum atomic E-state index is 0.486. The highest BCUT2D eigenvalue weighted by Crippen LogP contribution is 2.45. The van der Waals surface area contributed by atoms with Gasteiger partial charge >= 0.3 is 0 Å². The fraction of sp³-hybridized carbons (Fsp3) is 0.750. The van der Waals surface area contributed by atoms with Crippen molar-refractivity contribution in [1.29, 1.82) is 0 Å². The van der Waals surface area contributed by atoms with Gasteiger partial charge < -0.3 is 10.6 Å². The van der Waals surface area contributed by atoms with Gasteiger partial charge in [-0.3, -0.25) is 9.67 Å². The van der Waals surface area contributed by atoms with Gasteiger partial charge in [0.2, 0.25) is 0 Å². The van der Waals surface area contributed by atoms with Crippen LogP contribution in [0.1, 0.15) is 45.1 Å². The first-order chi connectivity index (χ1) is 10.0. The highest BCUT2D eigenvalue weighted by molar-refractivity contribution is 5.79. The maximum absolute atomic E-state index is 4.32. The molecule has 0 amide bonds. The Kier molecular flexibility index (Phi) is 5.26. The molecule has 2 rings (SSSR count). The number of aromatic nitrogens is 2. The number of hydrogen-bond acceptors (Lipinski definition) is 2. The van der Waals surface area contributed by atoms with Gasteiger partial charge in [0, 0.05) is 38.9 Å². The lowest BCUT2D eigenvalue weighted by Gasteiger charge is -2.43. The van der Waals surface area contributed by atoms with Crippen molar-refractivity contribution in [3.63, 3.8) is 0 Å². The quantitative estimate of drug-likeness (QED) is 0.624. The van der Waals surface area contributed by atoms with Crippen molar-refractivity contribution in [2.75, 3.05) is 13.6 Å². The molecule has 118 valence electrons. The van der Waals surface area contributed by atoms with E-state index in [1.807, 2.05) is 31.2 Å². The molecule has 5 nitrogen and oxygen atoms in total. The number of rotatable bonds is 6. The molecule has 1 fully saturated rings. The Balaban J connectivity index is 1.79. The van der Waals surface area contributed by atoms with E-state index in [-0.39, 0.29) is 0 Å². The fourth-order valence-corrected chi connectivity index (χ4v) is 3.24. The molecule has 1 heterocycles. The zero-order valence-electron chi connectivity index (χ0n) is 13.8. The predicted molar refractivity (Wildman–Crippen MR) is 87.1 cm³/mol. The first-order valence-corrected chi connectivity index (χ1v) is 7.95. The Hall–Kier alpha value is -1.52. The average molecular weight is 291 g/mol. The Labute approximate surface area is 128 Å². The van der Waals surface area contributed by atoms with E-state index in [0.29, 0.717) is 5.41 Å². The van der Waals surface area contributed by atoms with Gasteiger partial charge in [-0.2, -0.15) is 5.10 Å². The third kappa shape index (κ3) is 4.48. The molecule has 1 aromatic heterocycles. The Morgan fingerprint density at radius 2 is 2.19 bits per heavy atom. The van der Waals surface area contributed by atoms with Gasteiger partial charge in [0.1, 0.15) is 0 Å². The molecule has 0 radical (unpaired) electrons. The minimum Gasteiger partial charge on any atom is -0.356 e. The number of nitrogens with zero attached hydrogens (tertiary/aromatic N) is 3. The van der Waals surface area contributed by atoms with Crippen LogP contribution in [0.3, 0.4) is 0 Å². The molecular formula is C16H29N5. The Morgan fingerprint density at radius 1 is 1.43 bits per heavy atom. The molecule has 0 unspecified atom stereocenters. The monoisotopic (exact) mass is 291 g/mol. The van der Waals surface area contributed by atoms with Crippen LogP contribution in [0.2, 0.25) is 0 Å². The van der Waals surface area contributed by atoms with Crippen LogP contribution in [-0.2, 0) is 13.6 Å². The molecular weight excluding hydrogens is 262 g/mol. The van der Waals surface area contributed by atoms with Gasteiger partial charge in [-0.05, 0) is 30.6 Å². The zero-order valence-corrected chi connectivity index (χ0v) is 13.8. The average Bonchev–Trinajstić information content (AvgIpc) is 2.81. The van der Waals surface area contributed by atoms with E-state index < -0.39 is 0 Å². The molecule has 0 aliphatic heterocycles. The second-order valence-electron chi connectivity index (χ2n) is 6.75. The van der Waals surface area contributed by atoms with Crippen molar-refractivity contribution in [2.45, 2.75) is 46.1 Å². The molecule has 1 aromatic rings. The largest absolute Gasteiger partial charge is 0.356 e. The van der Waals surface area contributed by atoms with Gasteiger partial charge in [0.25, 0.3) is 0 Å². The molecule has 5 heteroatoms. The molecule has 2 N–H and O–H groups in total. The number of nitrogens with one attached hydrogen (secondary N) is 2. The third-order valence-corrected chi connectivity index (χ3v) is 4.33. The summed E-state index contributed by atoms with van der Waals surface area (Å²) in [6.45, 7) is 6.41. The van der Waals surface area contributed by atoms with E-state index in [2.05, 4.69) is 34.6 Å².